The predicted molar refractivity (Wildman–Crippen MR) is 75.0 cm³/mol. The summed E-state index contributed by atoms with van der Waals surface area (Å²) in [6.45, 7) is 3.78. The summed E-state index contributed by atoms with van der Waals surface area (Å²) in [4.78, 5) is 4.03. The Hall–Kier alpha value is -1.76. The van der Waals surface area contributed by atoms with Gasteiger partial charge in [-0.15, -0.1) is 0 Å². The molecule has 0 N–H and O–H groups in total. The van der Waals surface area contributed by atoms with Crippen molar-refractivity contribution in [1.82, 2.24) is 4.98 Å². The molecule has 1 aromatic heterocycles. The Bertz CT molecular complexity index is 655. The number of pyridine rings is 1. The summed E-state index contributed by atoms with van der Waals surface area (Å²) in [7, 11) is 0. The molecule has 0 spiro atoms. The van der Waals surface area contributed by atoms with Crippen LogP contribution in [-0.4, -0.2) is 4.98 Å². The smallest absolute Gasteiger partial charge is 0.239 e. The van der Waals surface area contributed by atoms with Crippen molar-refractivity contribution in [2.24, 2.45) is 0 Å². The molecule has 0 atom stereocenters. The fourth-order valence-corrected chi connectivity index (χ4v) is 1.96. The highest BCUT2D eigenvalue weighted by Crippen LogP contribution is 2.32. The number of benzene rings is 1. The second-order valence-electron chi connectivity index (χ2n) is 4.06. The molecule has 0 amide bonds. The molecule has 3 nitrogen and oxygen atoms in total. The molecule has 0 fully saturated rings. The molecule has 2 rings (SSSR count). The lowest BCUT2D eigenvalue weighted by Crippen LogP contribution is -1.92. The number of rotatable bonds is 2. The molecule has 0 aliphatic rings. The van der Waals surface area contributed by atoms with Gasteiger partial charge < -0.3 is 4.74 Å². The van der Waals surface area contributed by atoms with Crippen LogP contribution in [0.4, 0.5) is 0 Å². The molecule has 0 unspecified atom stereocenters. The minimum absolute atomic E-state index is 0.204. The summed E-state index contributed by atoms with van der Waals surface area (Å²) in [6, 6.07) is 7.11. The molecule has 0 aliphatic carbocycles. The first-order chi connectivity index (χ1) is 9.02. The number of aryl methyl sites for hydroxylation is 2. The molecule has 1 heterocycles. The van der Waals surface area contributed by atoms with Gasteiger partial charge in [-0.1, -0.05) is 23.2 Å². The van der Waals surface area contributed by atoms with Crippen LogP contribution in [0.1, 0.15) is 16.7 Å². The lowest BCUT2D eigenvalue weighted by atomic mass is 10.1. The second-order valence-corrected chi connectivity index (χ2v) is 4.82. The van der Waals surface area contributed by atoms with Crippen molar-refractivity contribution in [3.8, 4) is 17.7 Å². The van der Waals surface area contributed by atoms with Crippen molar-refractivity contribution in [3.63, 3.8) is 0 Å². The van der Waals surface area contributed by atoms with Gasteiger partial charge in [-0.2, -0.15) is 5.26 Å². The van der Waals surface area contributed by atoms with Crippen LogP contribution >= 0.6 is 23.2 Å². The maximum atomic E-state index is 8.90. The SMILES string of the molecule is Cc1cc(Oc2nccc(C#N)c2Cl)cc(C)c1Cl. The third kappa shape index (κ3) is 2.81. The number of hydrogen-bond donors (Lipinski definition) is 0. The molecule has 0 saturated carbocycles. The third-order valence-corrected chi connectivity index (χ3v) is 3.56. The van der Waals surface area contributed by atoms with Crippen LogP contribution in [0, 0.1) is 25.2 Å². The zero-order valence-electron chi connectivity index (χ0n) is 10.4. The minimum atomic E-state index is 0.204. The quantitative estimate of drug-likeness (QED) is 0.808. The van der Waals surface area contributed by atoms with Gasteiger partial charge in [-0.25, -0.2) is 4.98 Å². The molecule has 0 radical (unpaired) electrons. The summed E-state index contributed by atoms with van der Waals surface area (Å²) in [5.74, 6) is 0.797. The van der Waals surface area contributed by atoms with Crippen molar-refractivity contribution in [3.05, 3.63) is 51.1 Å². The van der Waals surface area contributed by atoms with Crippen LogP contribution in [-0.2, 0) is 0 Å². The highest BCUT2D eigenvalue weighted by Gasteiger charge is 2.11. The van der Waals surface area contributed by atoms with Crippen molar-refractivity contribution in [2.45, 2.75) is 13.8 Å². The molecule has 0 saturated heterocycles. The zero-order chi connectivity index (χ0) is 14.0. The van der Waals surface area contributed by atoms with Crippen LogP contribution in [0.15, 0.2) is 24.4 Å². The third-order valence-electron chi connectivity index (χ3n) is 2.60. The molecule has 0 bridgehead atoms. The highest BCUT2D eigenvalue weighted by molar-refractivity contribution is 6.33. The summed E-state index contributed by atoms with van der Waals surface area (Å²) >= 11 is 12.1. The lowest BCUT2D eigenvalue weighted by molar-refractivity contribution is 0.462. The average Bonchev–Trinajstić information content (AvgIpc) is 2.38. The van der Waals surface area contributed by atoms with Crippen LogP contribution in [0.25, 0.3) is 0 Å². The molecular formula is C14H10Cl2N2O. The van der Waals surface area contributed by atoms with E-state index in [1.807, 2.05) is 19.9 Å². The first-order valence-corrected chi connectivity index (χ1v) is 6.27. The largest absolute Gasteiger partial charge is 0.437 e. The highest BCUT2D eigenvalue weighted by atomic mass is 35.5. The molecule has 5 heteroatoms. The van der Waals surface area contributed by atoms with E-state index >= 15 is 0 Å². The Kier molecular flexibility index (Phi) is 3.94. The lowest BCUT2D eigenvalue weighted by Gasteiger charge is -2.10. The molecule has 96 valence electrons. The monoisotopic (exact) mass is 292 g/mol. The van der Waals surface area contributed by atoms with Crippen LogP contribution in [0.2, 0.25) is 10.0 Å². The Morgan fingerprint density at radius 3 is 2.37 bits per heavy atom. The summed E-state index contributed by atoms with van der Waals surface area (Å²) in [5, 5.41) is 9.81. The fraction of sp³-hybridized carbons (Fsp3) is 0.143. The van der Waals surface area contributed by atoms with Crippen molar-refractivity contribution in [1.29, 1.82) is 5.26 Å². The topological polar surface area (TPSA) is 45.9 Å². The molecule has 2 aromatic rings. The number of halogens is 2. The summed E-state index contributed by atoms with van der Waals surface area (Å²) in [5.41, 5.74) is 2.14. The van der Waals surface area contributed by atoms with Gasteiger partial charge >= 0.3 is 0 Å². The van der Waals surface area contributed by atoms with Gasteiger partial charge in [-0.05, 0) is 43.2 Å². The molecule has 1 aromatic carbocycles. The van der Waals surface area contributed by atoms with E-state index in [0.717, 1.165) is 11.1 Å². The van der Waals surface area contributed by atoms with E-state index in [4.69, 9.17) is 33.2 Å². The first-order valence-electron chi connectivity index (χ1n) is 5.52. The van der Waals surface area contributed by atoms with Crippen molar-refractivity contribution < 1.29 is 4.74 Å². The van der Waals surface area contributed by atoms with E-state index in [2.05, 4.69) is 4.98 Å². The Morgan fingerprint density at radius 2 is 1.79 bits per heavy atom. The second kappa shape index (κ2) is 5.48. The van der Waals surface area contributed by atoms with Gasteiger partial charge in [0.05, 0.1) is 5.56 Å². The average molecular weight is 293 g/mol. The molecule has 19 heavy (non-hydrogen) atoms. The first kappa shape index (κ1) is 13.7. The number of nitrogens with zero attached hydrogens (tertiary/aromatic N) is 2. The summed E-state index contributed by atoms with van der Waals surface area (Å²) < 4.78 is 5.62. The van der Waals surface area contributed by atoms with Gasteiger partial charge in [0.25, 0.3) is 0 Å². The molecular weight excluding hydrogens is 283 g/mol. The van der Waals surface area contributed by atoms with Gasteiger partial charge in [0, 0.05) is 11.2 Å². The van der Waals surface area contributed by atoms with E-state index in [0.29, 0.717) is 16.3 Å². The van der Waals surface area contributed by atoms with E-state index in [1.54, 1.807) is 12.1 Å². The number of aromatic nitrogens is 1. The van der Waals surface area contributed by atoms with E-state index in [1.165, 1.54) is 12.3 Å². The van der Waals surface area contributed by atoms with E-state index in [9.17, 15) is 0 Å². The minimum Gasteiger partial charge on any atom is -0.437 e. The number of hydrogen-bond acceptors (Lipinski definition) is 3. The maximum Gasteiger partial charge on any atom is 0.239 e. The zero-order valence-corrected chi connectivity index (χ0v) is 11.9. The maximum absolute atomic E-state index is 8.90. The predicted octanol–water partition coefficient (Wildman–Crippen LogP) is 4.67. The fourth-order valence-electron chi connectivity index (χ4n) is 1.66. The van der Waals surface area contributed by atoms with E-state index < -0.39 is 0 Å². The normalized spacial score (nSPS) is 10.1. The van der Waals surface area contributed by atoms with Gasteiger partial charge in [0.15, 0.2) is 0 Å². The van der Waals surface area contributed by atoms with Crippen molar-refractivity contribution >= 4 is 23.2 Å². The van der Waals surface area contributed by atoms with Gasteiger partial charge in [0.2, 0.25) is 5.88 Å². The number of nitriles is 1. The van der Waals surface area contributed by atoms with Gasteiger partial charge in [-0.3, -0.25) is 0 Å². The molecule has 0 aliphatic heterocycles. The number of ether oxygens (including phenoxy) is 1. The summed E-state index contributed by atoms with van der Waals surface area (Å²) in [6.07, 6.45) is 1.48. The van der Waals surface area contributed by atoms with Gasteiger partial charge in [0.1, 0.15) is 16.8 Å². The standard InChI is InChI=1S/C14H10Cl2N2O/c1-8-5-11(6-9(2)12(8)15)19-14-13(16)10(7-17)3-4-18-14/h3-6H,1-2H3. The Morgan fingerprint density at radius 1 is 1.16 bits per heavy atom. The van der Waals surface area contributed by atoms with Crippen molar-refractivity contribution in [2.75, 3.05) is 0 Å². The Balaban J connectivity index is 2.40. The van der Waals surface area contributed by atoms with Crippen LogP contribution < -0.4 is 4.74 Å². The van der Waals surface area contributed by atoms with E-state index in [-0.39, 0.29) is 10.9 Å². The Labute approximate surface area is 121 Å². The van der Waals surface area contributed by atoms with Crippen LogP contribution in [0.5, 0.6) is 11.6 Å². The van der Waals surface area contributed by atoms with Crippen LogP contribution in [0.3, 0.4) is 0 Å².